The van der Waals surface area contributed by atoms with Crippen LogP contribution in [0.1, 0.15) is 41.6 Å². The van der Waals surface area contributed by atoms with Gasteiger partial charge in [0, 0.05) is 17.4 Å². The van der Waals surface area contributed by atoms with Crippen LogP contribution in [-0.4, -0.2) is 42.9 Å². The molecule has 1 unspecified atom stereocenters. The minimum absolute atomic E-state index is 0.175. The van der Waals surface area contributed by atoms with Crippen LogP contribution in [0.25, 0.3) is 16.9 Å². The fraction of sp³-hybridized carbons (Fsp3) is 0.261. The number of hydrogen-bond donors (Lipinski definition) is 1. The normalized spacial score (nSPS) is 12.5. The zero-order chi connectivity index (χ0) is 26.2. The number of alkyl halides is 3. The molecule has 36 heavy (non-hydrogen) atoms. The molecule has 188 valence electrons. The molecule has 1 atom stereocenters. The van der Waals surface area contributed by atoms with E-state index < -0.39 is 29.8 Å². The lowest BCUT2D eigenvalue weighted by atomic mass is 10.1. The zero-order valence-electron chi connectivity index (χ0n) is 19.3. The Morgan fingerprint density at radius 3 is 2.67 bits per heavy atom. The number of nitrogens with zero attached hydrogens (tertiary/aromatic N) is 5. The van der Waals surface area contributed by atoms with E-state index in [9.17, 15) is 22.8 Å². The second kappa shape index (κ2) is 9.72. The van der Waals surface area contributed by atoms with Gasteiger partial charge in [-0.25, -0.2) is 14.3 Å². The van der Waals surface area contributed by atoms with Gasteiger partial charge in [0.2, 0.25) is 5.91 Å². The number of halogens is 4. The Bertz CT molecular complexity index is 1460. The van der Waals surface area contributed by atoms with E-state index in [1.165, 1.54) is 30.8 Å². The van der Waals surface area contributed by atoms with Crippen LogP contribution in [-0.2, 0) is 15.7 Å². The number of carbonyl (C=O) groups is 2. The average molecular weight is 565 g/mol. The fourth-order valence-electron chi connectivity index (χ4n) is 3.63. The number of benzene rings is 1. The molecule has 3 heterocycles. The molecule has 0 aliphatic heterocycles. The number of fused-ring (bicyclic) bond motifs is 1. The van der Waals surface area contributed by atoms with Gasteiger partial charge in [-0.3, -0.25) is 9.48 Å². The summed E-state index contributed by atoms with van der Waals surface area (Å²) in [7, 11) is 0. The second-order valence-electron chi connectivity index (χ2n) is 7.78. The van der Waals surface area contributed by atoms with E-state index in [4.69, 9.17) is 4.74 Å². The predicted octanol–water partition coefficient (Wildman–Crippen LogP) is 5.06. The molecule has 0 aliphatic carbocycles. The molecule has 0 saturated carbocycles. The molecule has 9 nitrogen and oxygen atoms in total. The van der Waals surface area contributed by atoms with Crippen molar-refractivity contribution in [2.45, 2.75) is 33.0 Å². The lowest BCUT2D eigenvalue weighted by Crippen LogP contribution is -2.25. The van der Waals surface area contributed by atoms with Crippen molar-refractivity contribution in [3.05, 3.63) is 64.1 Å². The number of aromatic nitrogens is 5. The molecule has 0 bridgehead atoms. The monoisotopic (exact) mass is 564 g/mol. The summed E-state index contributed by atoms with van der Waals surface area (Å²) in [5.41, 5.74) is 1.28. The summed E-state index contributed by atoms with van der Waals surface area (Å²) >= 11 is 2.92. The summed E-state index contributed by atoms with van der Waals surface area (Å²) in [6.45, 7) is 4.81. The maximum absolute atomic E-state index is 13.2. The average Bonchev–Trinajstić information content (AvgIpc) is 3.40. The molecule has 13 heteroatoms. The van der Waals surface area contributed by atoms with Crippen LogP contribution >= 0.6 is 15.9 Å². The number of hydrogen-bond acceptors (Lipinski definition) is 6. The number of anilines is 1. The summed E-state index contributed by atoms with van der Waals surface area (Å²) in [4.78, 5) is 29.3. The number of nitrogens with one attached hydrogen (secondary N) is 1. The highest BCUT2D eigenvalue weighted by molar-refractivity contribution is 9.10. The third kappa shape index (κ3) is 4.70. The van der Waals surface area contributed by atoms with Crippen molar-refractivity contribution >= 4 is 39.1 Å². The van der Waals surface area contributed by atoms with Crippen LogP contribution in [0.15, 0.2) is 47.2 Å². The Morgan fingerprint density at radius 1 is 1.25 bits per heavy atom. The highest BCUT2D eigenvalue weighted by atomic mass is 79.9. The molecule has 0 spiro atoms. The minimum Gasteiger partial charge on any atom is -0.462 e. The molecule has 1 N–H and O–H groups in total. The van der Waals surface area contributed by atoms with Gasteiger partial charge in [-0.05, 0) is 54.9 Å². The van der Waals surface area contributed by atoms with E-state index in [1.54, 1.807) is 37.3 Å². The first kappa shape index (κ1) is 25.4. The lowest BCUT2D eigenvalue weighted by molar-refractivity contribution is -0.142. The zero-order valence-corrected chi connectivity index (χ0v) is 20.9. The van der Waals surface area contributed by atoms with Gasteiger partial charge in [-0.2, -0.15) is 23.4 Å². The van der Waals surface area contributed by atoms with Crippen molar-refractivity contribution in [1.82, 2.24) is 24.4 Å². The van der Waals surface area contributed by atoms with Crippen molar-refractivity contribution in [1.29, 1.82) is 0 Å². The van der Waals surface area contributed by atoms with E-state index in [1.807, 2.05) is 0 Å². The van der Waals surface area contributed by atoms with Gasteiger partial charge in [0.25, 0.3) is 0 Å². The van der Waals surface area contributed by atoms with Crippen molar-refractivity contribution < 1.29 is 27.5 Å². The summed E-state index contributed by atoms with van der Waals surface area (Å²) in [6.07, 6.45) is -1.76. The number of amides is 1. The maximum Gasteiger partial charge on any atom is 0.436 e. The van der Waals surface area contributed by atoms with Gasteiger partial charge in [0.05, 0.1) is 28.7 Å². The first-order valence-electron chi connectivity index (χ1n) is 10.8. The molecule has 4 aromatic rings. The molecule has 1 aromatic carbocycles. The Kier molecular flexibility index (Phi) is 6.85. The van der Waals surface area contributed by atoms with Crippen LogP contribution < -0.4 is 5.32 Å². The van der Waals surface area contributed by atoms with E-state index in [-0.39, 0.29) is 22.3 Å². The first-order valence-corrected chi connectivity index (χ1v) is 11.5. The maximum atomic E-state index is 13.2. The third-order valence-electron chi connectivity index (χ3n) is 5.41. The summed E-state index contributed by atoms with van der Waals surface area (Å²) in [6, 6.07) is 7.48. The smallest absolute Gasteiger partial charge is 0.436 e. The van der Waals surface area contributed by atoms with Crippen LogP contribution in [0.2, 0.25) is 0 Å². The Balaban J connectivity index is 1.61. The molecular weight excluding hydrogens is 545 g/mol. The van der Waals surface area contributed by atoms with Crippen LogP contribution in [0.3, 0.4) is 0 Å². The SMILES string of the molecule is CCOC(=O)c1cnn2c(-c3cccc(NC(=O)C(C)n4nc(C(F)(F)F)c(Br)c4C)c3)ccnc12. The molecule has 3 aromatic heterocycles. The molecule has 0 saturated heterocycles. The molecule has 1 amide bonds. The first-order chi connectivity index (χ1) is 17.0. The second-order valence-corrected chi connectivity index (χ2v) is 8.57. The summed E-state index contributed by atoms with van der Waals surface area (Å²) in [5.74, 6) is -1.09. The van der Waals surface area contributed by atoms with Gasteiger partial charge < -0.3 is 10.1 Å². The van der Waals surface area contributed by atoms with Gasteiger partial charge in [-0.15, -0.1) is 0 Å². The molecule has 0 aliphatic rings. The molecule has 0 radical (unpaired) electrons. The molecule has 4 rings (SSSR count). The summed E-state index contributed by atoms with van der Waals surface area (Å²) in [5, 5.41) is 10.6. The van der Waals surface area contributed by atoms with Gasteiger partial charge >= 0.3 is 12.1 Å². The minimum atomic E-state index is -4.66. The number of esters is 1. The van der Waals surface area contributed by atoms with Crippen molar-refractivity contribution in [3.63, 3.8) is 0 Å². The van der Waals surface area contributed by atoms with Crippen LogP contribution in [0.4, 0.5) is 18.9 Å². The number of ether oxygens (including phenoxy) is 1. The Morgan fingerprint density at radius 2 is 2.00 bits per heavy atom. The Hall–Kier alpha value is -3.74. The largest absolute Gasteiger partial charge is 0.462 e. The van der Waals surface area contributed by atoms with Crippen molar-refractivity contribution in [2.75, 3.05) is 11.9 Å². The number of carbonyl (C=O) groups excluding carboxylic acids is 2. The van der Waals surface area contributed by atoms with Crippen molar-refractivity contribution in [3.8, 4) is 11.3 Å². The van der Waals surface area contributed by atoms with Gasteiger partial charge in [0.1, 0.15) is 11.6 Å². The molecule has 0 fully saturated rings. The summed E-state index contributed by atoms with van der Waals surface area (Å²) < 4.78 is 47.0. The Labute approximate surface area is 211 Å². The van der Waals surface area contributed by atoms with Crippen molar-refractivity contribution in [2.24, 2.45) is 0 Å². The van der Waals surface area contributed by atoms with Gasteiger partial charge in [0.15, 0.2) is 11.3 Å². The fourth-order valence-corrected chi connectivity index (χ4v) is 4.12. The van der Waals surface area contributed by atoms with E-state index >= 15 is 0 Å². The number of rotatable bonds is 6. The van der Waals surface area contributed by atoms with E-state index in [0.29, 0.717) is 22.6 Å². The van der Waals surface area contributed by atoms with E-state index in [0.717, 1.165) is 4.68 Å². The third-order valence-corrected chi connectivity index (χ3v) is 6.36. The van der Waals surface area contributed by atoms with Crippen LogP contribution in [0, 0.1) is 6.92 Å². The standard InChI is InChI=1S/C23H20BrF3N6O3/c1-4-36-22(35)16-11-29-33-17(8-9-28-20(16)33)14-6-5-7-15(10-14)30-21(34)13(3)32-12(2)18(24)19(31-32)23(25,26)27/h5-11,13H,4H2,1-3H3,(H,30,34). The molecular formula is C23H20BrF3N6O3. The van der Waals surface area contributed by atoms with E-state index in [2.05, 4.69) is 36.4 Å². The topological polar surface area (TPSA) is 103 Å². The van der Waals surface area contributed by atoms with Gasteiger partial charge in [-0.1, -0.05) is 12.1 Å². The highest BCUT2D eigenvalue weighted by Gasteiger charge is 2.39. The predicted molar refractivity (Wildman–Crippen MR) is 127 cm³/mol. The highest BCUT2D eigenvalue weighted by Crippen LogP contribution is 2.36. The van der Waals surface area contributed by atoms with Crippen LogP contribution in [0.5, 0.6) is 0 Å². The lowest BCUT2D eigenvalue weighted by Gasteiger charge is -2.15. The quantitative estimate of drug-likeness (QED) is 0.328.